The van der Waals surface area contributed by atoms with E-state index in [9.17, 15) is 32.3 Å². The predicted molar refractivity (Wildman–Crippen MR) is 228 cm³/mol. The van der Waals surface area contributed by atoms with E-state index in [1.807, 2.05) is 16.9 Å². The molecule has 1 atom stereocenters. The van der Waals surface area contributed by atoms with Crippen LogP contribution in [0.4, 0.5) is 30.2 Å². The van der Waals surface area contributed by atoms with Crippen molar-refractivity contribution < 1.29 is 41.8 Å². The number of rotatable bonds is 16. The maximum absolute atomic E-state index is 13.3. The highest BCUT2D eigenvalue weighted by Gasteiger charge is 2.33. The predicted octanol–water partition coefficient (Wildman–Crippen LogP) is 6.09. The first-order chi connectivity index (χ1) is 30.4. The minimum Gasteiger partial charge on any atom is -0.494 e. The maximum atomic E-state index is 13.3. The number of carbonyl (C=O) groups excluding carboxylic acids is 3. The van der Waals surface area contributed by atoms with E-state index in [0.29, 0.717) is 60.4 Å². The molecule has 5 heterocycles. The second kappa shape index (κ2) is 20.1. The number of nitrogens with one attached hydrogen (secondary N) is 3. The third kappa shape index (κ3) is 11.5. The first kappa shape index (κ1) is 44.6. The van der Waals surface area contributed by atoms with Gasteiger partial charge in [-0.3, -0.25) is 28.8 Å². The van der Waals surface area contributed by atoms with Crippen LogP contribution in [-0.2, 0) is 27.0 Å². The Morgan fingerprint density at radius 2 is 1.79 bits per heavy atom. The van der Waals surface area contributed by atoms with Crippen molar-refractivity contribution in [3.63, 3.8) is 0 Å². The average Bonchev–Trinajstić information content (AvgIpc) is 3.70. The SMILES string of the molecule is CCOC(=O)Cn1cc(NC(=O)[C@H]2CCCN(c3cncc(OCCNCC4CCC(n5cc6cc(NC(=O)c7cccc(C(F)(F)F)n7)c(OC)cc6n5)CC4)c3)C2)ccc1=O. The van der Waals surface area contributed by atoms with Crippen molar-refractivity contribution in [3.05, 3.63) is 95.1 Å². The number of pyridine rings is 3. The molecule has 1 aromatic carbocycles. The van der Waals surface area contributed by atoms with E-state index in [2.05, 4.69) is 30.8 Å². The lowest BCUT2D eigenvalue weighted by Gasteiger charge is -2.33. The molecule has 1 aliphatic heterocycles. The molecule has 3 N–H and O–H groups in total. The first-order valence-corrected chi connectivity index (χ1v) is 21.0. The Morgan fingerprint density at radius 3 is 2.57 bits per heavy atom. The van der Waals surface area contributed by atoms with Gasteiger partial charge in [0.25, 0.3) is 11.5 Å². The van der Waals surface area contributed by atoms with E-state index in [0.717, 1.165) is 68.4 Å². The van der Waals surface area contributed by atoms with Crippen LogP contribution in [-0.4, -0.2) is 88.6 Å². The van der Waals surface area contributed by atoms with Gasteiger partial charge in [-0.2, -0.15) is 18.3 Å². The Bertz CT molecular complexity index is 2470. The van der Waals surface area contributed by atoms with Gasteiger partial charge in [0.05, 0.1) is 60.6 Å². The zero-order chi connectivity index (χ0) is 44.5. The van der Waals surface area contributed by atoms with Crippen molar-refractivity contribution in [2.45, 2.75) is 64.2 Å². The Hall–Kier alpha value is -6.50. The molecule has 0 unspecified atom stereocenters. The zero-order valence-electron chi connectivity index (χ0n) is 35.0. The fourth-order valence-electron chi connectivity index (χ4n) is 8.00. The second-order valence-corrected chi connectivity index (χ2v) is 15.6. The summed E-state index contributed by atoms with van der Waals surface area (Å²) in [6, 6.07) is 11.5. The average molecular weight is 874 g/mol. The lowest BCUT2D eigenvalue weighted by molar-refractivity contribution is -0.144. The topological polar surface area (TPSA) is 184 Å². The number of halogens is 3. The summed E-state index contributed by atoms with van der Waals surface area (Å²) in [5.41, 5.74) is 0.368. The first-order valence-electron chi connectivity index (χ1n) is 21.0. The van der Waals surface area contributed by atoms with Crippen LogP contribution in [0.1, 0.15) is 67.7 Å². The fraction of sp³-hybridized carbons (Fsp3) is 0.432. The minimum atomic E-state index is -4.68. The standard InChI is InChI=1S/C44H50F3N9O7/c1-3-62-41(58)27-55-26-31(11-14-40(55)57)50-42(59)29-6-5-16-54(24-29)33-19-34(23-49-22-33)63-17-15-48-21-28-9-12-32(13-10-28)56-25-30-18-37(38(61-2)20-36(30)53-56)52-43(60)35-7-4-8-39(51-35)44(45,46)47/h4,7-8,11,14,18-20,22-23,25-26,28-29,32,48H,3,5-6,9-10,12-13,15-17,21,24,27H2,1-2H3,(H,50,59)(H,52,60)/t28?,29-,32?/m0/s1. The van der Waals surface area contributed by atoms with E-state index in [4.69, 9.17) is 19.3 Å². The lowest BCUT2D eigenvalue weighted by Crippen LogP contribution is -2.41. The molecule has 5 aromatic rings. The molecule has 19 heteroatoms. The second-order valence-electron chi connectivity index (χ2n) is 15.6. The number of hydrogen-bond acceptors (Lipinski definition) is 12. The molecular formula is C44H50F3N9O7. The fourth-order valence-corrected chi connectivity index (χ4v) is 8.00. The van der Waals surface area contributed by atoms with Gasteiger partial charge in [0.2, 0.25) is 5.91 Å². The number of aromatic nitrogens is 5. The van der Waals surface area contributed by atoms with Crippen LogP contribution in [0.3, 0.4) is 0 Å². The molecule has 2 aliphatic rings. The van der Waals surface area contributed by atoms with Gasteiger partial charge in [-0.1, -0.05) is 6.07 Å². The molecule has 16 nitrogen and oxygen atoms in total. The summed E-state index contributed by atoms with van der Waals surface area (Å²) in [5.74, 6) is -0.341. The molecule has 63 heavy (non-hydrogen) atoms. The number of methoxy groups -OCH3 is 1. The summed E-state index contributed by atoms with van der Waals surface area (Å²) in [4.78, 5) is 60.3. The number of hydrogen-bond donors (Lipinski definition) is 3. The highest BCUT2D eigenvalue weighted by Crippen LogP contribution is 2.35. The number of benzene rings is 1. The van der Waals surface area contributed by atoms with Crippen LogP contribution in [0.25, 0.3) is 10.9 Å². The Kier molecular flexibility index (Phi) is 14.2. The smallest absolute Gasteiger partial charge is 0.433 e. The molecular weight excluding hydrogens is 824 g/mol. The van der Waals surface area contributed by atoms with Crippen molar-refractivity contribution in [1.29, 1.82) is 0 Å². The number of carbonyl (C=O) groups is 3. The maximum Gasteiger partial charge on any atom is 0.433 e. The van der Waals surface area contributed by atoms with Gasteiger partial charge in [0.1, 0.15) is 36.0 Å². The Morgan fingerprint density at radius 1 is 0.968 bits per heavy atom. The number of nitrogens with zero attached hydrogens (tertiary/aromatic N) is 6. The molecule has 334 valence electrons. The van der Waals surface area contributed by atoms with E-state index in [1.165, 1.54) is 36.1 Å². The molecule has 1 saturated heterocycles. The molecule has 1 saturated carbocycles. The van der Waals surface area contributed by atoms with Crippen LogP contribution in [0.2, 0.25) is 0 Å². The molecule has 2 amide bonds. The van der Waals surface area contributed by atoms with Crippen molar-refractivity contribution in [2.75, 3.05) is 62.0 Å². The van der Waals surface area contributed by atoms with Crippen LogP contribution in [0.5, 0.6) is 11.5 Å². The number of anilines is 3. The van der Waals surface area contributed by atoms with Gasteiger partial charge in [0.15, 0.2) is 0 Å². The van der Waals surface area contributed by atoms with Crippen molar-refractivity contribution >= 4 is 45.7 Å². The normalized spacial score (nSPS) is 17.9. The molecule has 0 spiro atoms. The van der Waals surface area contributed by atoms with Gasteiger partial charge >= 0.3 is 12.1 Å². The highest BCUT2D eigenvalue weighted by atomic mass is 19.4. The van der Waals surface area contributed by atoms with Crippen molar-refractivity contribution in [3.8, 4) is 11.5 Å². The van der Waals surface area contributed by atoms with E-state index in [-0.39, 0.29) is 42.3 Å². The highest BCUT2D eigenvalue weighted by molar-refractivity contribution is 6.05. The van der Waals surface area contributed by atoms with Crippen LogP contribution < -0.4 is 35.9 Å². The van der Waals surface area contributed by atoms with Gasteiger partial charge in [-0.05, 0) is 82.2 Å². The monoisotopic (exact) mass is 873 g/mol. The van der Waals surface area contributed by atoms with Gasteiger partial charge in [-0.15, -0.1) is 0 Å². The molecule has 2 fully saturated rings. The quantitative estimate of drug-likeness (QED) is 0.0768. The molecule has 4 aromatic heterocycles. The lowest BCUT2D eigenvalue weighted by atomic mass is 9.86. The number of fused-ring (bicyclic) bond motifs is 1. The summed E-state index contributed by atoms with van der Waals surface area (Å²) in [6.07, 6.45) is 7.52. The summed E-state index contributed by atoms with van der Waals surface area (Å²) in [6.45, 7) is 4.86. The van der Waals surface area contributed by atoms with E-state index >= 15 is 0 Å². The number of ether oxygens (including phenoxy) is 3. The number of piperidine rings is 1. The molecule has 0 radical (unpaired) electrons. The molecule has 7 rings (SSSR count). The van der Waals surface area contributed by atoms with Gasteiger partial charge < -0.3 is 39.6 Å². The number of esters is 1. The van der Waals surface area contributed by atoms with Crippen molar-refractivity contribution in [1.82, 2.24) is 29.6 Å². The minimum absolute atomic E-state index is 0.170. The summed E-state index contributed by atoms with van der Waals surface area (Å²) in [5, 5.41) is 14.6. The van der Waals surface area contributed by atoms with Gasteiger partial charge in [0, 0.05) is 55.6 Å². The van der Waals surface area contributed by atoms with Crippen LogP contribution >= 0.6 is 0 Å². The zero-order valence-corrected chi connectivity index (χ0v) is 35.0. The van der Waals surface area contributed by atoms with Crippen molar-refractivity contribution in [2.24, 2.45) is 11.8 Å². The van der Waals surface area contributed by atoms with Crippen LogP contribution in [0, 0.1) is 11.8 Å². The third-order valence-corrected chi connectivity index (χ3v) is 11.2. The Balaban J connectivity index is 0.841. The largest absolute Gasteiger partial charge is 0.494 e. The van der Waals surface area contributed by atoms with E-state index in [1.54, 1.807) is 31.5 Å². The Labute approximate surface area is 361 Å². The van der Waals surface area contributed by atoms with Gasteiger partial charge in [-0.25, -0.2) is 4.98 Å². The molecule has 1 aliphatic carbocycles. The summed E-state index contributed by atoms with van der Waals surface area (Å²) in [7, 11) is 1.44. The number of alkyl halides is 3. The third-order valence-electron chi connectivity index (χ3n) is 11.2. The molecule has 0 bridgehead atoms. The summed E-state index contributed by atoms with van der Waals surface area (Å²) >= 11 is 0. The number of amides is 2. The summed E-state index contributed by atoms with van der Waals surface area (Å²) < 4.78 is 59.1. The van der Waals surface area contributed by atoms with Crippen LogP contribution in [0.15, 0.2) is 78.1 Å². The van der Waals surface area contributed by atoms with E-state index < -0.39 is 23.7 Å².